The van der Waals surface area contributed by atoms with Crippen molar-refractivity contribution in [2.24, 2.45) is 5.92 Å². The van der Waals surface area contributed by atoms with Crippen LogP contribution in [0.2, 0.25) is 0 Å². The number of aromatic nitrogens is 2. The Balaban J connectivity index is 1.73. The predicted octanol–water partition coefficient (Wildman–Crippen LogP) is 1.64. The van der Waals surface area contributed by atoms with E-state index in [9.17, 15) is 4.79 Å². The molecule has 0 radical (unpaired) electrons. The molecule has 2 aliphatic rings. The average Bonchev–Trinajstić information content (AvgIpc) is 2.55. The molecular formula is C17H26N4O2. The zero-order chi connectivity index (χ0) is 16.4. The highest BCUT2D eigenvalue weighted by Crippen LogP contribution is 2.30. The van der Waals surface area contributed by atoms with Gasteiger partial charge in [0.2, 0.25) is 11.9 Å². The third-order valence-electron chi connectivity index (χ3n) is 4.64. The Hall–Kier alpha value is -1.69. The first-order valence-electron chi connectivity index (χ1n) is 8.45. The van der Waals surface area contributed by atoms with Gasteiger partial charge in [0.1, 0.15) is 5.60 Å². The molecule has 3 rings (SSSR count). The van der Waals surface area contributed by atoms with Gasteiger partial charge in [0.15, 0.2) is 0 Å². The van der Waals surface area contributed by atoms with Gasteiger partial charge in [-0.3, -0.25) is 4.79 Å². The summed E-state index contributed by atoms with van der Waals surface area (Å²) in [5, 5.41) is 0. The summed E-state index contributed by atoms with van der Waals surface area (Å²) in [5.41, 5.74) is 0.776. The monoisotopic (exact) mass is 318 g/mol. The van der Waals surface area contributed by atoms with Gasteiger partial charge in [-0.1, -0.05) is 13.8 Å². The number of carbonyl (C=O) groups is 1. The quantitative estimate of drug-likeness (QED) is 0.830. The maximum absolute atomic E-state index is 12.3. The van der Waals surface area contributed by atoms with Gasteiger partial charge in [-0.15, -0.1) is 0 Å². The highest BCUT2D eigenvalue weighted by molar-refractivity contribution is 5.78. The summed E-state index contributed by atoms with van der Waals surface area (Å²) in [7, 11) is 0. The molecule has 0 saturated carbocycles. The minimum atomic E-state index is -0.282. The molecule has 126 valence electrons. The van der Waals surface area contributed by atoms with Gasteiger partial charge in [0, 0.05) is 31.4 Å². The summed E-state index contributed by atoms with van der Waals surface area (Å²) in [6.07, 6.45) is 5.66. The van der Waals surface area contributed by atoms with Crippen molar-refractivity contribution < 1.29 is 9.53 Å². The maximum Gasteiger partial charge on any atom is 0.225 e. The molecule has 2 saturated heterocycles. The fourth-order valence-electron chi connectivity index (χ4n) is 3.46. The number of aryl methyl sites for hydroxylation is 1. The van der Waals surface area contributed by atoms with Gasteiger partial charge >= 0.3 is 0 Å². The molecule has 2 fully saturated rings. The fourth-order valence-corrected chi connectivity index (χ4v) is 3.46. The number of hydrogen-bond donors (Lipinski definition) is 0. The Bertz CT molecular complexity index is 556. The number of amides is 1. The standard InChI is InChI=1S/C17H26N4O2/c1-13(2)15(22)20-6-4-5-17(11-20)12-21(7-8-23-17)16-18-9-14(3)10-19-16/h9-10,13H,4-8,11-12H2,1-3H3/t17-/m0/s1. The molecule has 6 nitrogen and oxygen atoms in total. The molecule has 0 aromatic carbocycles. The lowest BCUT2D eigenvalue weighted by molar-refractivity contribution is -0.147. The summed E-state index contributed by atoms with van der Waals surface area (Å²) < 4.78 is 6.15. The van der Waals surface area contributed by atoms with Crippen LogP contribution in [0, 0.1) is 12.8 Å². The first kappa shape index (κ1) is 16.2. The Kier molecular flexibility index (Phi) is 4.53. The first-order chi connectivity index (χ1) is 11.0. The molecule has 1 aromatic heterocycles. The number of anilines is 1. The van der Waals surface area contributed by atoms with E-state index >= 15 is 0 Å². The predicted molar refractivity (Wildman–Crippen MR) is 88.3 cm³/mol. The van der Waals surface area contributed by atoms with Crippen molar-refractivity contribution in [2.75, 3.05) is 37.7 Å². The van der Waals surface area contributed by atoms with Crippen LogP contribution in [-0.4, -0.2) is 59.2 Å². The van der Waals surface area contributed by atoms with Crippen molar-refractivity contribution in [1.82, 2.24) is 14.9 Å². The Morgan fingerprint density at radius 2 is 2.00 bits per heavy atom. The molecule has 23 heavy (non-hydrogen) atoms. The van der Waals surface area contributed by atoms with E-state index in [0.29, 0.717) is 13.2 Å². The van der Waals surface area contributed by atoms with Gasteiger partial charge in [0.25, 0.3) is 0 Å². The highest BCUT2D eigenvalue weighted by atomic mass is 16.5. The summed E-state index contributed by atoms with van der Waals surface area (Å²) in [4.78, 5) is 25.4. The average molecular weight is 318 g/mol. The van der Waals surface area contributed by atoms with E-state index in [1.165, 1.54) is 0 Å². The van der Waals surface area contributed by atoms with E-state index in [2.05, 4.69) is 14.9 Å². The van der Waals surface area contributed by atoms with E-state index in [0.717, 1.165) is 44.0 Å². The molecule has 1 amide bonds. The Morgan fingerprint density at radius 1 is 1.26 bits per heavy atom. The zero-order valence-electron chi connectivity index (χ0n) is 14.3. The van der Waals surface area contributed by atoms with Crippen molar-refractivity contribution >= 4 is 11.9 Å². The van der Waals surface area contributed by atoms with Gasteiger partial charge in [-0.05, 0) is 25.3 Å². The molecule has 2 aliphatic heterocycles. The van der Waals surface area contributed by atoms with Crippen molar-refractivity contribution in [1.29, 1.82) is 0 Å². The van der Waals surface area contributed by atoms with Crippen LogP contribution in [0.3, 0.4) is 0 Å². The molecule has 3 heterocycles. The largest absolute Gasteiger partial charge is 0.369 e. The molecule has 6 heteroatoms. The zero-order valence-corrected chi connectivity index (χ0v) is 14.3. The van der Waals surface area contributed by atoms with E-state index < -0.39 is 0 Å². The van der Waals surface area contributed by atoms with Crippen LogP contribution in [-0.2, 0) is 9.53 Å². The lowest BCUT2D eigenvalue weighted by Crippen LogP contribution is -2.61. The Labute approximate surface area is 137 Å². The van der Waals surface area contributed by atoms with Crippen LogP contribution in [0.1, 0.15) is 32.3 Å². The number of nitrogens with zero attached hydrogens (tertiary/aromatic N) is 4. The van der Waals surface area contributed by atoms with E-state index in [1.807, 2.05) is 38.1 Å². The molecule has 1 aromatic rings. The van der Waals surface area contributed by atoms with Gasteiger partial charge in [-0.25, -0.2) is 9.97 Å². The third kappa shape index (κ3) is 3.47. The van der Waals surface area contributed by atoms with Crippen LogP contribution >= 0.6 is 0 Å². The second-order valence-electron chi connectivity index (χ2n) is 7.03. The van der Waals surface area contributed by atoms with Gasteiger partial charge in [0.05, 0.1) is 19.7 Å². The summed E-state index contributed by atoms with van der Waals surface area (Å²) in [5.74, 6) is 1.01. The van der Waals surface area contributed by atoms with Crippen molar-refractivity contribution in [3.05, 3.63) is 18.0 Å². The van der Waals surface area contributed by atoms with Crippen LogP contribution in [0.25, 0.3) is 0 Å². The van der Waals surface area contributed by atoms with E-state index in [-0.39, 0.29) is 17.4 Å². The number of likely N-dealkylation sites (tertiary alicyclic amines) is 1. The maximum atomic E-state index is 12.3. The SMILES string of the molecule is Cc1cnc(N2CCO[C@]3(CCCN(C(=O)C(C)C)C3)C2)nc1. The second-order valence-corrected chi connectivity index (χ2v) is 7.03. The van der Waals surface area contributed by atoms with Crippen LogP contribution in [0.15, 0.2) is 12.4 Å². The number of piperidine rings is 1. The molecule has 1 atom stereocenters. The first-order valence-corrected chi connectivity index (χ1v) is 8.45. The van der Waals surface area contributed by atoms with Gasteiger partial charge < -0.3 is 14.5 Å². The molecular weight excluding hydrogens is 292 g/mol. The smallest absolute Gasteiger partial charge is 0.225 e. The molecule has 0 bridgehead atoms. The minimum absolute atomic E-state index is 0.0327. The Morgan fingerprint density at radius 3 is 2.70 bits per heavy atom. The molecule has 0 unspecified atom stereocenters. The molecule has 0 N–H and O–H groups in total. The van der Waals surface area contributed by atoms with Crippen LogP contribution in [0.4, 0.5) is 5.95 Å². The number of hydrogen-bond acceptors (Lipinski definition) is 5. The summed E-state index contributed by atoms with van der Waals surface area (Å²) in [6.45, 7) is 9.61. The van der Waals surface area contributed by atoms with Crippen molar-refractivity contribution in [3.8, 4) is 0 Å². The fraction of sp³-hybridized carbons (Fsp3) is 0.706. The minimum Gasteiger partial charge on any atom is -0.369 e. The topological polar surface area (TPSA) is 58.6 Å². The van der Waals surface area contributed by atoms with Crippen LogP contribution < -0.4 is 4.90 Å². The number of ether oxygens (including phenoxy) is 1. The summed E-state index contributed by atoms with van der Waals surface area (Å²) >= 11 is 0. The lowest BCUT2D eigenvalue weighted by Gasteiger charge is -2.48. The number of morpholine rings is 1. The van der Waals surface area contributed by atoms with Gasteiger partial charge in [-0.2, -0.15) is 0 Å². The normalized spacial score (nSPS) is 25.2. The van der Waals surface area contributed by atoms with E-state index in [4.69, 9.17) is 4.74 Å². The number of rotatable bonds is 2. The second kappa shape index (κ2) is 6.43. The third-order valence-corrected chi connectivity index (χ3v) is 4.64. The highest BCUT2D eigenvalue weighted by Gasteiger charge is 2.42. The van der Waals surface area contributed by atoms with E-state index in [1.54, 1.807) is 0 Å². The van der Waals surface area contributed by atoms with Crippen molar-refractivity contribution in [3.63, 3.8) is 0 Å². The molecule has 0 aliphatic carbocycles. The molecule has 1 spiro atoms. The van der Waals surface area contributed by atoms with Crippen LogP contribution in [0.5, 0.6) is 0 Å². The lowest BCUT2D eigenvalue weighted by atomic mass is 9.90. The van der Waals surface area contributed by atoms with Crippen molar-refractivity contribution in [2.45, 2.75) is 39.2 Å². The summed E-state index contributed by atoms with van der Waals surface area (Å²) in [6, 6.07) is 0. The number of carbonyl (C=O) groups excluding carboxylic acids is 1.